The molecule has 0 aliphatic rings. The topological polar surface area (TPSA) is 49.7 Å². The second-order valence-electron chi connectivity index (χ2n) is 3.09. The van der Waals surface area contributed by atoms with E-state index in [-0.39, 0.29) is 0 Å². The lowest BCUT2D eigenvalue weighted by Crippen LogP contribution is -1.91. The first-order chi connectivity index (χ1) is 6.06. The zero-order valence-electron chi connectivity index (χ0n) is 8.11. The van der Waals surface area contributed by atoms with Crippen molar-refractivity contribution in [2.45, 2.75) is 45.4 Å². The van der Waals surface area contributed by atoms with Crippen molar-refractivity contribution < 1.29 is 14.3 Å². The van der Waals surface area contributed by atoms with E-state index >= 15 is 0 Å². The molecule has 0 radical (unpaired) electrons. The van der Waals surface area contributed by atoms with Gasteiger partial charge in [0, 0.05) is 0 Å². The fourth-order valence-electron chi connectivity index (χ4n) is 1.07. The number of hydrogen-bond acceptors (Lipinski definition) is 2. The Labute approximate surface area is 85.4 Å². The molecular weight excluding hydrogens is 207 g/mol. The Balaban J connectivity index is 3.04. The maximum Gasteiger partial charge on any atom is 0.321 e. The van der Waals surface area contributed by atoms with Crippen molar-refractivity contribution in [3.63, 3.8) is 0 Å². The molecule has 0 aliphatic carbocycles. The molecule has 2 N–H and O–H groups in total. The number of hydrogen-bond donors (Lipinski definition) is 2. The van der Waals surface area contributed by atoms with Gasteiger partial charge in [0.2, 0.25) is 0 Å². The van der Waals surface area contributed by atoms with Crippen LogP contribution >= 0.6 is 6.72 Å². The standard InChI is InChI=1S/C8H19O3PS/c1-2-3-4-5-6-7-8-11-12(9,10)13/h2-8H2,1H3,(H2,9,10,13). The average molecular weight is 226 g/mol. The summed E-state index contributed by atoms with van der Waals surface area (Å²) in [6.45, 7) is -0.845. The number of rotatable bonds is 8. The highest BCUT2D eigenvalue weighted by atomic mass is 32.5. The zero-order valence-corrected chi connectivity index (χ0v) is 9.82. The van der Waals surface area contributed by atoms with Gasteiger partial charge < -0.3 is 14.3 Å². The van der Waals surface area contributed by atoms with Crippen LogP contribution in [0.3, 0.4) is 0 Å². The van der Waals surface area contributed by atoms with E-state index in [0.717, 1.165) is 12.8 Å². The Morgan fingerprint density at radius 3 is 2.15 bits per heavy atom. The lowest BCUT2D eigenvalue weighted by Gasteiger charge is -2.07. The molecule has 13 heavy (non-hydrogen) atoms. The molecule has 80 valence electrons. The molecule has 0 fully saturated rings. The molecule has 0 unspecified atom stereocenters. The van der Waals surface area contributed by atoms with E-state index in [1.807, 2.05) is 0 Å². The molecule has 0 saturated carbocycles. The van der Waals surface area contributed by atoms with Crippen LogP contribution in [0.15, 0.2) is 0 Å². The summed E-state index contributed by atoms with van der Waals surface area (Å²) in [6, 6.07) is 0. The Morgan fingerprint density at radius 1 is 1.08 bits per heavy atom. The molecule has 0 saturated heterocycles. The second-order valence-corrected chi connectivity index (χ2v) is 5.76. The third-order valence-electron chi connectivity index (χ3n) is 1.76. The van der Waals surface area contributed by atoms with Crippen LogP contribution in [0.25, 0.3) is 0 Å². The quantitative estimate of drug-likeness (QED) is 0.493. The molecule has 0 aromatic carbocycles. The summed E-state index contributed by atoms with van der Waals surface area (Å²) in [5, 5.41) is 0. The first-order valence-electron chi connectivity index (χ1n) is 4.76. The minimum atomic E-state index is -3.39. The van der Waals surface area contributed by atoms with Crippen LogP contribution in [0.5, 0.6) is 0 Å². The maximum atomic E-state index is 8.72. The summed E-state index contributed by atoms with van der Waals surface area (Å²) in [5.74, 6) is 0. The second kappa shape index (κ2) is 7.89. The van der Waals surface area contributed by atoms with Gasteiger partial charge >= 0.3 is 6.72 Å². The summed E-state index contributed by atoms with van der Waals surface area (Å²) in [4.78, 5) is 17.4. The Kier molecular flexibility index (Phi) is 8.21. The third kappa shape index (κ3) is 12.5. The highest BCUT2D eigenvalue weighted by Gasteiger charge is 2.05. The van der Waals surface area contributed by atoms with E-state index in [9.17, 15) is 0 Å². The predicted molar refractivity (Wildman–Crippen MR) is 58.1 cm³/mol. The van der Waals surface area contributed by atoms with Gasteiger partial charge in [0.05, 0.1) is 6.61 Å². The minimum Gasteiger partial charge on any atom is -0.325 e. The van der Waals surface area contributed by atoms with Crippen LogP contribution in [-0.4, -0.2) is 16.4 Å². The van der Waals surface area contributed by atoms with Gasteiger partial charge in [-0.3, -0.25) is 0 Å². The Morgan fingerprint density at radius 2 is 1.62 bits per heavy atom. The van der Waals surface area contributed by atoms with Crippen LogP contribution in [-0.2, 0) is 16.3 Å². The fourth-order valence-corrected chi connectivity index (χ4v) is 1.66. The third-order valence-corrected chi connectivity index (χ3v) is 2.59. The zero-order chi connectivity index (χ0) is 10.2. The smallest absolute Gasteiger partial charge is 0.321 e. The van der Waals surface area contributed by atoms with Crippen LogP contribution < -0.4 is 0 Å². The van der Waals surface area contributed by atoms with Crippen molar-refractivity contribution in [3.8, 4) is 0 Å². The van der Waals surface area contributed by atoms with Crippen LogP contribution in [0, 0.1) is 0 Å². The van der Waals surface area contributed by atoms with Gasteiger partial charge in [-0.15, -0.1) is 0 Å². The molecule has 0 rings (SSSR count). The average Bonchev–Trinajstić information content (AvgIpc) is 2.01. The van der Waals surface area contributed by atoms with Gasteiger partial charge in [-0.1, -0.05) is 39.0 Å². The van der Waals surface area contributed by atoms with Gasteiger partial charge in [-0.25, -0.2) is 0 Å². The molecule has 5 heteroatoms. The van der Waals surface area contributed by atoms with Crippen LogP contribution in [0.1, 0.15) is 45.4 Å². The number of unbranched alkanes of at least 4 members (excludes halogenated alkanes) is 5. The van der Waals surface area contributed by atoms with Crippen LogP contribution in [0.4, 0.5) is 0 Å². The normalized spacial score (nSPS) is 11.9. The van der Waals surface area contributed by atoms with Crippen molar-refractivity contribution in [2.75, 3.05) is 6.61 Å². The van der Waals surface area contributed by atoms with Crippen LogP contribution in [0.2, 0.25) is 0 Å². The van der Waals surface area contributed by atoms with Crippen molar-refractivity contribution in [2.24, 2.45) is 0 Å². The SMILES string of the molecule is CCCCCCCCOP(O)(O)=S. The fraction of sp³-hybridized carbons (Fsp3) is 1.00. The van der Waals surface area contributed by atoms with E-state index < -0.39 is 6.72 Å². The lowest BCUT2D eigenvalue weighted by atomic mass is 10.1. The highest BCUT2D eigenvalue weighted by molar-refractivity contribution is 8.06. The van der Waals surface area contributed by atoms with E-state index in [2.05, 4.69) is 23.3 Å². The van der Waals surface area contributed by atoms with Gasteiger partial charge in [0.1, 0.15) is 0 Å². The van der Waals surface area contributed by atoms with E-state index in [1.54, 1.807) is 0 Å². The van der Waals surface area contributed by atoms with Crippen molar-refractivity contribution in [1.29, 1.82) is 0 Å². The molecular formula is C8H19O3PS. The summed E-state index contributed by atoms with van der Waals surface area (Å²) in [7, 11) is 0. The van der Waals surface area contributed by atoms with E-state index in [0.29, 0.717) is 6.61 Å². The summed E-state index contributed by atoms with van der Waals surface area (Å²) in [5.41, 5.74) is 0. The van der Waals surface area contributed by atoms with Crippen molar-refractivity contribution in [3.05, 3.63) is 0 Å². The monoisotopic (exact) mass is 226 g/mol. The molecule has 0 heterocycles. The molecule has 0 aromatic rings. The Bertz CT molecular complexity index is 157. The molecule has 0 aromatic heterocycles. The highest BCUT2D eigenvalue weighted by Crippen LogP contribution is 2.36. The summed E-state index contributed by atoms with van der Waals surface area (Å²) < 4.78 is 4.67. The molecule has 0 spiro atoms. The maximum absolute atomic E-state index is 8.72. The van der Waals surface area contributed by atoms with Crippen molar-refractivity contribution >= 4 is 18.5 Å². The minimum absolute atomic E-state index is 0.371. The van der Waals surface area contributed by atoms with Gasteiger partial charge in [0.25, 0.3) is 0 Å². The largest absolute Gasteiger partial charge is 0.325 e. The van der Waals surface area contributed by atoms with E-state index in [4.69, 9.17) is 9.79 Å². The van der Waals surface area contributed by atoms with Gasteiger partial charge in [-0.05, 0) is 18.2 Å². The lowest BCUT2D eigenvalue weighted by molar-refractivity contribution is 0.245. The molecule has 0 atom stereocenters. The summed E-state index contributed by atoms with van der Waals surface area (Å²) in [6.07, 6.45) is 6.90. The first-order valence-corrected chi connectivity index (χ1v) is 7.39. The molecule has 0 bridgehead atoms. The molecule has 3 nitrogen and oxygen atoms in total. The first kappa shape index (κ1) is 13.5. The van der Waals surface area contributed by atoms with Gasteiger partial charge in [0.15, 0.2) is 0 Å². The predicted octanol–water partition coefficient (Wildman–Crippen LogP) is 2.57. The molecule has 0 amide bonds. The molecule has 0 aliphatic heterocycles. The van der Waals surface area contributed by atoms with E-state index in [1.165, 1.54) is 25.7 Å². The van der Waals surface area contributed by atoms with Gasteiger partial charge in [-0.2, -0.15) is 0 Å². The summed E-state index contributed by atoms with van der Waals surface area (Å²) >= 11 is 4.30. The van der Waals surface area contributed by atoms with Crippen molar-refractivity contribution in [1.82, 2.24) is 0 Å². The Hall–Kier alpha value is 0.530.